The van der Waals surface area contributed by atoms with E-state index in [-0.39, 0.29) is 23.9 Å². The number of H-pyrrole nitrogens is 1. The van der Waals surface area contributed by atoms with Gasteiger partial charge in [0.15, 0.2) is 0 Å². The first kappa shape index (κ1) is 13.0. The van der Waals surface area contributed by atoms with Gasteiger partial charge in [0.05, 0.1) is 6.10 Å². The van der Waals surface area contributed by atoms with E-state index in [1.807, 2.05) is 0 Å². The van der Waals surface area contributed by atoms with Crippen molar-refractivity contribution in [2.24, 2.45) is 0 Å². The summed E-state index contributed by atoms with van der Waals surface area (Å²) in [7, 11) is 0. The standard InChI is InChI=1S/C12H20N4O2/c1-2-3-10-14-11(16-15-10)12(18)13-8-4-6-9(17)7-5-8/h8-9,17H,2-7H2,1H3,(H,13,18)(H,14,15,16). The van der Waals surface area contributed by atoms with Gasteiger partial charge in [-0.2, -0.15) is 0 Å². The van der Waals surface area contributed by atoms with Gasteiger partial charge in [0, 0.05) is 12.5 Å². The molecule has 1 aromatic heterocycles. The van der Waals surface area contributed by atoms with Crippen LogP contribution in [0.15, 0.2) is 0 Å². The minimum Gasteiger partial charge on any atom is -0.393 e. The van der Waals surface area contributed by atoms with Crippen LogP contribution in [0.3, 0.4) is 0 Å². The van der Waals surface area contributed by atoms with Crippen molar-refractivity contribution in [1.82, 2.24) is 20.5 Å². The average molecular weight is 252 g/mol. The monoisotopic (exact) mass is 252 g/mol. The van der Waals surface area contributed by atoms with Gasteiger partial charge in [-0.15, -0.1) is 5.10 Å². The Bertz CT molecular complexity index is 397. The maximum absolute atomic E-state index is 11.9. The number of rotatable bonds is 4. The topological polar surface area (TPSA) is 90.9 Å². The SMILES string of the molecule is CCCc1nc(C(=O)NC2CCC(O)CC2)n[nH]1. The number of nitrogens with one attached hydrogen (secondary N) is 2. The number of hydrogen-bond donors (Lipinski definition) is 3. The predicted molar refractivity (Wildman–Crippen MR) is 66.1 cm³/mol. The largest absolute Gasteiger partial charge is 0.393 e. The molecule has 1 aromatic rings. The highest BCUT2D eigenvalue weighted by Crippen LogP contribution is 2.18. The van der Waals surface area contributed by atoms with E-state index in [1.54, 1.807) is 0 Å². The van der Waals surface area contributed by atoms with Crippen LogP contribution in [0.25, 0.3) is 0 Å². The van der Waals surface area contributed by atoms with Crippen molar-refractivity contribution in [1.29, 1.82) is 0 Å². The molecule has 6 heteroatoms. The smallest absolute Gasteiger partial charge is 0.291 e. The van der Waals surface area contributed by atoms with Crippen LogP contribution in [0.5, 0.6) is 0 Å². The number of aliphatic hydroxyl groups is 1. The van der Waals surface area contributed by atoms with E-state index < -0.39 is 0 Å². The first-order valence-corrected chi connectivity index (χ1v) is 6.59. The Balaban J connectivity index is 1.86. The molecule has 1 aliphatic carbocycles. The Morgan fingerprint density at radius 2 is 2.17 bits per heavy atom. The van der Waals surface area contributed by atoms with E-state index in [2.05, 4.69) is 27.4 Å². The lowest BCUT2D eigenvalue weighted by Gasteiger charge is -2.25. The first-order chi connectivity index (χ1) is 8.69. The molecule has 18 heavy (non-hydrogen) atoms. The third-order valence-electron chi connectivity index (χ3n) is 3.25. The van der Waals surface area contributed by atoms with E-state index in [9.17, 15) is 9.90 Å². The van der Waals surface area contributed by atoms with Crippen LogP contribution in [-0.2, 0) is 6.42 Å². The number of nitrogens with zero attached hydrogens (tertiary/aromatic N) is 2. The van der Waals surface area contributed by atoms with Crippen LogP contribution in [0.4, 0.5) is 0 Å². The van der Waals surface area contributed by atoms with E-state index in [4.69, 9.17) is 0 Å². The summed E-state index contributed by atoms with van der Waals surface area (Å²) in [6, 6.07) is 0.133. The average Bonchev–Trinajstić information content (AvgIpc) is 2.81. The van der Waals surface area contributed by atoms with Crippen LogP contribution in [0, 0.1) is 0 Å². The maximum atomic E-state index is 11.9. The van der Waals surface area contributed by atoms with Crippen molar-refractivity contribution >= 4 is 5.91 Å². The quantitative estimate of drug-likeness (QED) is 0.739. The summed E-state index contributed by atoms with van der Waals surface area (Å²) < 4.78 is 0. The molecule has 6 nitrogen and oxygen atoms in total. The molecule has 1 amide bonds. The molecule has 2 rings (SSSR count). The van der Waals surface area contributed by atoms with Gasteiger partial charge in [0.1, 0.15) is 5.82 Å². The number of carbonyl (C=O) groups is 1. The van der Waals surface area contributed by atoms with Crippen LogP contribution in [0.1, 0.15) is 55.5 Å². The van der Waals surface area contributed by atoms with E-state index in [0.29, 0.717) is 0 Å². The highest BCUT2D eigenvalue weighted by Gasteiger charge is 2.22. The Hall–Kier alpha value is -1.43. The van der Waals surface area contributed by atoms with E-state index in [1.165, 1.54) is 0 Å². The lowest BCUT2D eigenvalue weighted by Crippen LogP contribution is -2.39. The Morgan fingerprint density at radius 3 is 2.83 bits per heavy atom. The molecule has 0 radical (unpaired) electrons. The van der Waals surface area contributed by atoms with Crippen molar-refractivity contribution in [3.8, 4) is 0 Å². The van der Waals surface area contributed by atoms with Crippen molar-refractivity contribution in [2.45, 2.75) is 57.6 Å². The molecule has 1 fully saturated rings. The fourth-order valence-corrected chi connectivity index (χ4v) is 2.22. The molecule has 0 spiro atoms. The minimum absolute atomic E-state index is 0.133. The number of aromatic nitrogens is 3. The Morgan fingerprint density at radius 1 is 1.44 bits per heavy atom. The summed E-state index contributed by atoms with van der Waals surface area (Å²) in [5, 5.41) is 19.0. The fraction of sp³-hybridized carbons (Fsp3) is 0.750. The number of hydrogen-bond acceptors (Lipinski definition) is 4. The van der Waals surface area contributed by atoms with E-state index in [0.717, 1.165) is 44.3 Å². The molecular formula is C12H20N4O2. The van der Waals surface area contributed by atoms with Gasteiger partial charge in [0.25, 0.3) is 5.91 Å². The number of amides is 1. The third kappa shape index (κ3) is 3.29. The normalized spacial score (nSPS) is 23.9. The zero-order chi connectivity index (χ0) is 13.0. The van der Waals surface area contributed by atoms with Crippen LogP contribution >= 0.6 is 0 Å². The molecule has 0 unspecified atom stereocenters. The van der Waals surface area contributed by atoms with Crippen molar-refractivity contribution in [3.63, 3.8) is 0 Å². The second-order valence-electron chi connectivity index (χ2n) is 4.83. The van der Waals surface area contributed by atoms with Gasteiger partial charge in [-0.1, -0.05) is 6.92 Å². The number of aromatic amines is 1. The van der Waals surface area contributed by atoms with Crippen molar-refractivity contribution in [2.75, 3.05) is 0 Å². The van der Waals surface area contributed by atoms with Gasteiger partial charge >= 0.3 is 0 Å². The summed E-state index contributed by atoms with van der Waals surface area (Å²) in [5.74, 6) is 0.737. The summed E-state index contributed by atoms with van der Waals surface area (Å²) in [6.45, 7) is 2.05. The van der Waals surface area contributed by atoms with Crippen LogP contribution in [0.2, 0.25) is 0 Å². The second kappa shape index (κ2) is 5.95. The molecule has 1 saturated carbocycles. The number of carbonyl (C=O) groups excluding carboxylic acids is 1. The highest BCUT2D eigenvalue weighted by molar-refractivity contribution is 5.90. The van der Waals surface area contributed by atoms with Crippen molar-refractivity contribution in [3.05, 3.63) is 11.6 Å². The lowest BCUT2D eigenvalue weighted by molar-refractivity contribution is 0.0858. The lowest BCUT2D eigenvalue weighted by atomic mass is 9.93. The van der Waals surface area contributed by atoms with Gasteiger partial charge in [-0.05, 0) is 32.1 Å². The zero-order valence-electron chi connectivity index (χ0n) is 10.6. The molecule has 0 aromatic carbocycles. The predicted octanol–water partition coefficient (Wildman–Crippen LogP) is 0.790. The van der Waals surface area contributed by atoms with Gasteiger partial charge in [-0.25, -0.2) is 4.98 Å². The van der Waals surface area contributed by atoms with Crippen molar-refractivity contribution < 1.29 is 9.90 Å². The van der Waals surface area contributed by atoms with Gasteiger partial charge in [-0.3, -0.25) is 9.89 Å². The fourth-order valence-electron chi connectivity index (χ4n) is 2.22. The van der Waals surface area contributed by atoms with Crippen LogP contribution in [-0.4, -0.2) is 38.3 Å². The number of aryl methyl sites for hydroxylation is 1. The molecule has 0 saturated heterocycles. The minimum atomic E-state index is -0.227. The molecule has 0 atom stereocenters. The molecular weight excluding hydrogens is 232 g/mol. The molecule has 0 bridgehead atoms. The maximum Gasteiger partial charge on any atom is 0.291 e. The first-order valence-electron chi connectivity index (χ1n) is 6.59. The summed E-state index contributed by atoms with van der Waals surface area (Å²) in [5.41, 5.74) is 0. The van der Waals surface area contributed by atoms with E-state index >= 15 is 0 Å². The summed E-state index contributed by atoms with van der Waals surface area (Å²) in [6.07, 6.45) is 4.70. The van der Waals surface area contributed by atoms with Crippen LogP contribution < -0.4 is 5.32 Å². The second-order valence-corrected chi connectivity index (χ2v) is 4.83. The highest BCUT2D eigenvalue weighted by atomic mass is 16.3. The number of aliphatic hydroxyl groups excluding tert-OH is 1. The molecule has 0 aliphatic heterocycles. The Kier molecular flexibility index (Phi) is 4.30. The zero-order valence-corrected chi connectivity index (χ0v) is 10.6. The van der Waals surface area contributed by atoms with Gasteiger partial charge in [0.2, 0.25) is 5.82 Å². The molecule has 100 valence electrons. The molecule has 1 heterocycles. The molecule has 1 aliphatic rings. The third-order valence-corrected chi connectivity index (χ3v) is 3.25. The van der Waals surface area contributed by atoms with Gasteiger partial charge < -0.3 is 10.4 Å². The molecule has 3 N–H and O–H groups in total. The summed E-state index contributed by atoms with van der Waals surface area (Å²) >= 11 is 0. The summed E-state index contributed by atoms with van der Waals surface area (Å²) in [4.78, 5) is 16.0. The Labute approximate surface area is 106 Å².